The van der Waals surface area contributed by atoms with Crippen LogP contribution in [0.2, 0.25) is 0 Å². The Bertz CT molecular complexity index is 636. The molecule has 3 rings (SSSR count). The van der Waals surface area contributed by atoms with Gasteiger partial charge in [0, 0.05) is 37.8 Å². The number of hydrogen-bond acceptors (Lipinski definition) is 6. The summed E-state index contributed by atoms with van der Waals surface area (Å²) in [6.07, 6.45) is 1.81. The molecule has 0 atom stereocenters. The summed E-state index contributed by atoms with van der Waals surface area (Å²) in [4.78, 5) is 19.8. The van der Waals surface area contributed by atoms with Gasteiger partial charge in [-0.3, -0.25) is 0 Å². The monoisotopic (exact) mass is 304 g/mol. The fraction of sp³-hybridized carbons (Fsp3) is 0.286. The Morgan fingerprint density at radius 2 is 1.95 bits per heavy atom. The first kappa shape index (κ1) is 13.7. The summed E-state index contributed by atoms with van der Waals surface area (Å²) in [6, 6.07) is 5.15. The van der Waals surface area contributed by atoms with Crippen molar-refractivity contribution in [1.82, 2.24) is 4.98 Å². The quantitative estimate of drug-likeness (QED) is 0.841. The molecule has 6 nitrogen and oxygen atoms in total. The first-order valence-corrected chi connectivity index (χ1v) is 7.56. The largest absolute Gasteiger partial charge is 0.478 e. The topological polar surface area (TPSA) is 82.7 Å². The van der Waals surface area contributed by atoms with Crippen LogP contribution in [0, 0.1) is 0 Å². The molecular formula is C14H16N4O2S. The number of para-hydroxylation sites is 1. The van der Waals surface area contributed by atoms with Crippen molar-refractivity contribution in [1.29, 1.82) is 0 Å². The van der Waals surface area contributed by atoms with Crippen LogP contribution < -0.4 is 15.5 Å². The molecule has 1 aromatic heterocycles. The highest BCUT2D eigenvalue weighted by Crippen LogP contribution is 2.28. The maximum Gasteiger partial charge on any atom is 0.337 e. The number of carboxylic acid groups (broad SMARTS) is 1. The average molecular weight is 304 g/mol. The van der Waals surface area contributed by atoms with Crippen molar-refractivity contribution in [2.45, 2.75) is 0 Å². The van der Waals surface area contributed by atoms with Crippen LogP contribution in [0.15, 0.2) is 29.8 Å². The second-order valence-corrected chi connectivity index (χ2v) is 5.71. The van der Waals surface area contributed by atoms with Gasteiger partial charge in [0.15, 0.2) is 5.13 Å². The van der Waals surface area contributed by atoms with E-state index in [2.05, 4.69) is 14.8 Å². The fourth-order valence-electron chi connectivity index (χ4n) is 2.53. The minimum atomic E-state index is -0.990. The number of nitrogen functional groups attached to an aromatic ring is 1. The summed E-state index contributed by atoms with van der Waals surface area (Å²) in [5, 5.41) is 12.1. The molecule has 1 aliphatic rings. The van der Waals surface area contributed by atoms with E-state index in [4.69, 9.17) is 10.8 Å². The van der Waals surface area contributed by atoms with E-state index in [9.17, 15) is 4.79 Å². The number of aromatic nitrogens is 1. The lowest BCUT2D eigenvalue weighted by molar-refractivity contribution is 0.0698. The molecule has 7 heteroatoms. The van der Waals surface area contributed by atoms with Crippen LogP contribution in [-0.4, -0.2) is 42.2 Å². The lowest BCUT2D eigenvalue weighted by atomic mass is 10.1. The zero-order valence-corrected chi connectivity index (χ0v) is 12.2. The van der Waals surface area contributed by atoms with Crippen molar-refractivity contribution >= 4 is 33.8 Å². The standard InChI is InChI=1S/C14H16N4O2S/c15-12-10(13(19)20)2-1-3-11(12)17-5-7-18(8-6-17)14-16-4-9-21-14/h1-4,9H,5-8,15H2,(H,19,20). The minimum absolute atomic E-state index is 0.162. The van der Waals surface area contributed by atoms with E-state index in [0.717, 1.165) is 37.0 Å². The van der Waals surface area contributed by atoms with E-state index in [1.165, 1.54) is 6.07 Å². The summed E-state index contributed by atoms with van der Waals surface area (Å²) >= 11 is 1.63. The van der Waals surface area contributed by atoms with Crippen LogP contribution in [0.1, 0.15) is 10.4 Å². The molecule has 1 aliphatic heterocycles. The molecule has 1 fully saturated rings. The van der Waals surface area contributed by atoms with Crippen molar-refractivity contribution in [3.8, 4) is 0 Å². The summed E-state index contributed by atoms with van der Waals surface area (Å²) in [6.45, 7) is 3.30. The summed E-state index contributed by atoms with van der Waals surface area (Å²) in [5.74, 6) is -0.990. The molecule has 0 amide bonds. The maximum absolute atomic E-state index is 11.2. The average Bonchev–Trinajstić information content (AvgIpc) is 3.02. The van der Waals surface area contributed by atoms with Crippen molar-refractivity contribution in [3.63, 3.8) is 0 Å². The van der Waals surface area contributed by atoms with E-state index in [-0.39, 0.29) is 5.56 Å². The number of thiazole rings is 1. The van der Waals surface area contributed by atoms with Crippen molar-refractivity contribution < 1.29 is 9.90 Å². The third-order valence-electron chi connectivity index (χ3n) is 3.62. The van der Waals surface area contributed by atoms with Gasteiger partial charge in [-0.1, -0.05) is 6.07 Å². The number of benzene rings is 1. The molecule has 0 spiro atoms. The SMILES string of the molecule is Nc1c(C(=O)O)cccc1N1CCN(c2nccs2)CC1. The predicted octanol–water partition coefficient (Wildman–Crippen LogP) is 1.75. The lowest BCUT2D eigenvalue weighted by Gasteiger charge is -2.36. The van der Waals surface area contributed by atoms with Crippen molar-refractivity contribution in [3.05, 3.63) is 35.3 Å². The van der Waals surface area contributed by atoms with E-state index >= 15 is 0 Å². The Morgan fingerprint density at radius 3 is 2.57 bits per heavy atom. The van der Waals surface area contributed by atoms with Crippen molar-refractivity contribution in [2.24, 2.45) is 0 Å². The number of nitrogens with two attached hydrogens (primary N) is 1. The number of aromatic carboxylic acids is 1. The van der Waals surface area contributed by atoms with Gasteiger partial charge in [0.25, 0.3) is 0 Å². The maximum atomic E-state index is 11.2. The lowest BCUT2D eigenvalue weighted by Crippen LogP contribution is -2.46. The molecule has 2 heterocycles. The van der Waals surface area contributed by atoms with Gasteiger partial charge < -0.3 is 20.6 Å². The highest BCUT2D eigenvalue weighted by Gasteiger charge is 2.22. The van der Waals surface area contributed by atoms with Gasteiger partial charge in [-0.05, 0) is 12.1 Å². The third-order valence-corrected chi connectivity index (χ3v) is 4.46. The van der Waals surface area contributed by atoms with Gasteiger partial charge in [-0.15, -0.1) is 11.3 Å². The van der Waals surface area contributed by atoms with E-state index in [1.807, 2.05) is 11.4 Å². The Hall–Kier alpha value is -2.28. The summed E-state index contributed by atoms with van der Waals surface area (Å²) < 4.78 is 0. The molecule has 0 unspecified atom stereocenters. The van der Waals surface area contributed by atoms with Gasteiger partial charge in [-0.2, -0.15) is 0 Å². The van der Waals surface area contributed by atoms with Gasteiger partial charge in [0.2, 0.25) is 0 Å². The Labute approximate surface area is 126 Å². The summed E-state index contributed by atoms with van der Waals surface area (Å²) in [5.41, 5.74) is 7.30. The molecule has 110 valence electrons. The molecule has 3 N–H and O–H groups in total. The second-order valence-electron chi connectivity index (χ2n) is 4.83. The second kappa shape index (κ2) is 5.61. The predicted molar refractivity (Wildman–Crippen MR) is 84.4 cm³/mol. The highest BCUT2D eigenvalue weighted by molar-refractivity contribution is 7.13. The number of carbonyl (C=O) groups is 1. The van der Waals surface area contributed by atoms with Gasteiger partial charge in [-0.25, -0.2) is 9.78 Å². The molecule has 1 aromatic carbocycles. The molecule has 0 bridgehead atoms. The smallest absolute Gasteiger partial charge is 0.337 e. The van der Waals surface area contributed by atoms with E-state index < -0.39 is 5.97 Å². The van der Waals surface area contributed by atoms with E-state index in [0.29, 0.717) is 5.69 Å². The molecular weight excluding hydrogens is 288 g/mol. The number of anilines is 3. The van der Waals surface area contributed by atoms with Crippen LogP contribution in [0.4, 0.5) is 16.5 Å². The molecule has 21 heavy (non-hydrogen) atoms. The fourth-order valence-corrected chi connectivity index (χ4v) is 3.22. The van der Waals surface area contributed by atoms with Gasteiger partial charge in [0.1, 0.15) is 0 Å². The highest BCUT2D eigenvalue weighted by atomic mass is 32.1. The first-order chi connectivity index (χ1) is 10.2. The van der Waals surface area contributed by atoms with Gasteiger partial charge >= 0.3 is 5.97 Å². The summed E-state index contributed by atoms with van der Waals surface area (Å²) in [7, 11) is 0. The molecule has 0 radical (unpaired) electrons. The number of carboxylic acids is 1. The number of hydrogen-bond donors (Lipinski definition) is 2. The Morgan fingerprint density at radius 1 is 1.24 bits per heavy atom. The third kappa shape index (κ3) is 2.64. The molecule has 1 saturated heterocycles. The zero-order valence-electron chi connectivity index (χ0n) is 11.4. The normalized spacial score (nSPS) is 15.2. The van der Waals surface area contributed by atoms with Crippen LogP contribution in [0.3, 0.4) is 0 Å². The Kier molecular flexibility index (Phi) is 3.66. The van der Waals surface area contributed by atoms with Crippen LogP contribution >= 0.6 is 11.3 Å². The van der Waals surface area contributed by atoms with Crippen LogP contribution in [-0.2, 0) is 0 Å². The van der Waals surface area contributed by atoms with Crippen LogP contribution in [0.5, 0.6) is 0 Å². The number of nitrogens with zero attached hydrogens (tertiary/aromatic N) is 3. The van der Waals surface area contributed by atoms with Gasteiger partial charge in [0.05, 0.1) is 16.9 Å². The van der Waals surface area contributed by atoms with Crippen LogP contribution in [0.25, 0.3) is 0 Å². The van der Waals surface area contributed by atoms with Crippen molar-refractivity contribution in [2.75, 3.05) is 41.7 Å². The molecule has 0 aliphatic carbocycles. The zero-order chi connectivity index (χ0) is 14.8. The molecule has 2 aromatic rings. The number of piperazine rings is 1. The first-order valence-electron chi connectivity index (χ1n) is 6.68. The van der Waals surface area contributed by atoms with E-state index in [1.54, 1.807) is 23.6 Å². The minimum Gasteiger partial charge on any atom is -0.478 e. The number of rotatable bonds is 3. The Balaban J connectivity index is 1.75. The molecule has 0 saturated carbocycles.